The van der Waals surface area contributed by atoms with Gasteiger partial charge in [0.05, 0.1) is 0 Å². The van der Waals surface area contributed by atoms with Crippen molar-refractivity contribution in [3.05, 3.63) is 12.2 Å². The largest absolute Gasteiger partial charge is 0.381 e. The van der Waals surface area contributed by atoms with Gasteiger partial charge in [0.2, 0.25) is 0 Å². The molecule has 1 aliphatic heterocycles. The van der Waals surface area contributed by atoms with Crippen LogP contribution < -0.4 is 0 Å². The van der Waals surface area contributed by atoms with Crippen molar-refractivity contribution in [1.29, 1.82) is 0 Å². The van der Waals surface area contributed by atoms with Gasteiger partial charge in [-0.3, -0.25) is 0 Å². The predicted octanol–water partition coefficient (Wildman–Crippen LogP) is 1.55. The molecule has 1 nitrogen and oxygen atoms in total. The number of hydrogen-bond acceptors (Lipinski definition) is 1. The SMILES string of the molecule is [C]1=CC2(C1)CCOCC2. The maximum absolute atomic E-state index is 5.25. The second-order valence-electron chi connectivity index (χ2n) is 3.00. The summed E-state index contributed by atoms with van der Waals surface area (Å²) in [5, 5.41) is 0. The lowest BCUT2D eigenvalue weighted by Gasteiger charge is -2.38. The van der Waals surface area contributed by atoms with E-state index in [-0.39, 0.29) is 0 Å². The zero-order valence-corrected chi connectivity index (χ0v) is 5.52. The van der Waals surface area contributed by atoms with Crippen LogP contribution in [-0.2, 0) is 4.74 Å². The van der Waals surface area contributed by atoms with Crippen molar-refractivity contribution in [2.24, 2.45) is 5.41 Å². The van der Waals surface area contributed by atoms with E-state index >= 15 is 0 Å². The maximum atomic E-state index is 5.25. The third-order valence-corrected chi connectivity index (χ3v) is 2.35. The molecule has 1 spiro atoms. The third-order valence-electron chi connectivity index (χ3n) is 2.35. The van der Waals surface area contributed by atoms with Crippen LogP contribution in [-0.4, -0.2) is 13.2 Å². The summed E-state index contributed by atoms with van der Waals surface area (Å²) >= 11 is 0. The maximum Gasteiger partial charge on any atom is 0.0474 e. The van der Waals surface area contributed by atoms with Crippen LogP contribution in [0.4, 0.5) is 0 Å². The van der Waals surface area contributed by atoms with Gasteiger partial charge in [-0.1, -0.05) is 6.08 Å². The smallest absolute Gasteiger partial charge is 0.0474 e. The van der Waals surface area contributed by atoms with Crippen molar-refractivity contribution in [3.8, 4) is 0 Å². The zero-order valence-electron chi connectivity index (χ0n) is 5.52. The van der Waals surface area contributed by atoms with Gasteiger partial charge in [0.15, 0.2) is 0 Å². The zero-order chi connectivity index (χ0) is 6.16. The summed E-state index contributed by atoms with van der Waals surface area (Å²) in [6, 6.07) is 0. The number of ether oxygens (including phenoxy) is 1. The minimum absolute atomic E-state index is 0.540. The lowest BCUT2D eigenvalue weighted by Crippen LogP contribution is -2.31. The topological polar surface area (TPSA) is 9.23 Å². The van der Waals surface area contributed by atoms with E-state index in [4.69, 9.17) is 4.74 Å². The van der Waals surface area contributed by atoms with Gasteiger partial charge >= 0.3 is 0 Å². The molecule has 1 saturated heterocycles. The van der Waals surface area contributed by atoms with E-state index in [1.807, 2.05) is 0 Å². The fourth-order valence-electron chi connectivity index (χ4n) is 1.49. The lowest BCUT2D eigenvalue weighted by molar-refractivity contribution is 0.0299. The molecule has 0 aromatic carbocycles. The molecular formula is C8H11O. The monoisotopic (exact) mass is 123 g/mol. The van der Waals surface area contributed by atoms with Crippen molar-refractivity contribution in [2.45, 2.75) is 19.3 Å². The van der Waals surface area contributed by atoms with Crippen molar-refractivity contribution < 1.29 is 4.74 Å². The highest BCUT2D eigenvalue weighted by Crippen LogP contribution is 2.41. The van der Waals surface area contributed by atoms with E-state index in [0.29, 0.717) is 5.41 Å². The first-order chi connectivity index (χ1) is 4.41. The highest BCUT2D eigenvalue weighted by Gasteiger charge is 2.33. The minimum Gasteiger partial charge on any atom is -0.381 e. The van der Waals surface area contributed by atoms with Crippen molar-refractivity contribution in [2.75, 3.05) is 13.2 Å². The fraction of sp³-hybridized carbons (Fsp3) is 0.750. The van der Waals surface area contributed by atoms with Crippen LogP contribution in [0.5, 0.6) is 0 Å². The van der Waals surface area contributed by atoms with Gasteiger partial charge in [0.25, 0.3) is 0 Å². The molecular weight excluding hydrogens is 112 g/mol. The van der Waals surface area contributed by atoms with Crippen LogP contribution in [0.3, 0.4) is 0 Å². The molecule has 0 atom stereocenters. The van der Waals surface area contributed by atoms with Gasteiger partial charge in [-0.05, 0) is 30.8 Å². The molecule has 1 aliphatic carbocycles. The summed E-state index contributed by atoms with van der Waals surface area (Å²) < 4.78 is 5.25. The molecule has 1 heterocycles. The molecule has 0 amide bonds. The Morgan fingerprint density at radius 2 is 2.00 bits per heavy atom. The summed E-state index contributed by atoms with van der Waals surface area (Å²) in [5.41, 5.74) is 0.540. The predicted molar refractivity (Wildman–Crippen MR) is 34.9 cm³/mol. The standard InChI is InChI=1S/C8H11O/c1-2-8(3-1)4-6-9-7-5-8/h2H,3-7H2. The molecule has 0 N–H and O–H groups in total. The molecule has 1 radical (unpaired) electrons. The molecule has 0 saturated carbocycles. The first kappa shape index (κ1) is 5.48. The summed E-state index contributed by atoms with van der Waals surface area (Å²) in [5.74, 6) is 0. The van der Waals surface area contributed by atoms with E-state index in [1.165, 1.54) is 19.3 Å². The number of hydrogen-bond donors (Lipinski definition) is 0. The Balaban J connectivity index is 2.02. The van der Waals surface area contributed by atoms with Gasteiger partial charge < -0.3 is 4.74 Å². The molecule has 49 valence electrons. The normalized spacial score (nSPS) is 30.2. The van der Waals surface area contributed by atoms with Gasteiger partial charge in [-0.25, -0.2) is 0 Å². The lowest BCUT2D eigenvalue weighted by atomic mass is 9.71. The summed E-state index contributed by atoms with van der Waals surface area (Å²) in [6.45, 7) is 1.91. The van der Waals surface area contributed by atoms with E-state index < -0.39 is 0 Å². The van der Waals surface area contributed by atoms with E-state index in [0.717, 1.165) is 13.2 Å². The van der Waals surface area contributed by atoms with E-state index in [2.05, 4.69) is 12.2 Å². The average Bonchev–Trinajstić information content (AvgIpc) is 1.87. The molecule has 1 fully saturated rings. The van der Waals surface area contributed by atoms with Crippen LogP contribution in [0.2, 0.25) is 0 Å². The Kier molecular flexibility index (Phi) is 1.12. The molecule has 2 aliphatic rings. The number of rotatable bonds is 0. The second kappa shape index (κ2) is 1.84. The van der Waals surface area contributed by atoms with E-state index in [9.17, 15) is 0 Å². The van der Waals surface area contributed by atoms with Crippen LogP contribution in [0.1, 0.15) is 19.3 Å². The minimum atomic E-state index is 0.540. The van der Waals surface area contributed by atoms with Gasteiger partial charge in [-0.2, -0.15) is 0 Å². The summed E-state index contributed by atoms with van der Waals surface area (Å²) in [7, 11) is 0. The molecule has 1 heteroatoms. The van der Waals surface area contributed by atoms with Crippen LogP contribution in [0, 0.1) is 11.5 Å². The Morgan fingerprint density at radius 1 is 1.33 bits per heavy atom. The molecule has 0 aromatic rings. The van der Waals surface area contributed by atoms with Gasteiger partial charge in [0.1, 0.15) is 0 Å². The summed E-state index contributed by atoms with van der Waals surface area (Å²) in [6.07, 6.45) is 9.04. The number of allylic oxidation sites excluding steroid dienone is 2. The Morgan fingerprint density at radius 3 is 2.33 bits per heavy atom. The summed E-state index contributed by atoms with van der Waals surface area (Å²) in [4.78, 5) is 0. The fourth-order valence-corrected chi connectivity index (χ4v) is 1.49. The van der Waals surface area contributed by atoms with Crippen molar-refractivity contribution in [3.63, 3.8) is 0 Å². The highest BCUT2D eigenvalue weighted by atomic mass is 16.5. The Bertz CT molecular complexity index is 132. The van der Waals surface area contributed by atoms with Crippen molar-refractivity contribution >= 4 is 0 Å². The highest BCUT2D eigenvalue weighted by molar-refractivity contribution is 5.08. The van der Waals surface area contributed by atoms with Crippen LogP contribution >= 0.6 is 0 Å². The van der Waals surface area contributed by atoms with Crippen molar-refractivity contribution in [1.82, 2.24) is 0 Å². The quantitative estimate of drug-likeness (QED) is 0.475. The first-order valence-corrected chi connectivity index (χ1v) is 3.57. The third kappa shape index (κ3) is 0.799. The molecule has 9 heavy (non-hydrogen) atoms. The molecule has 0 aromatic heterocycles. The molecule has 0 bridgehead atoms. The van der Waals surface area contributed by atoms with E-state index in [1.54, 1.807) is 0 Å². The first-order valence-electron chi connectivity index (χ1n) is 3.57. The molecule has 0 unspecified atom stereocenters. The van der Waals surface area contributed by atoms with Gasteiger partial charge in [-0.15, -0.1) is 0 Å². The van der Waals surface area contributed by atoms with Crippen LogP contribution in [0.25, 0.3) is 0 Å². The van der Waals surface area contributed by atoms with Crippen LogP contribution in [0.15, 0.2) is 6.08 Å². The second-order valence-corrected chi connectivity index (χ2v) is 3.00. The van der Waals surface area contributed by atoms with Gasteiger partial charge in [0, 0.05) is 13.2 Å². The molecule has 2 rings (SSSR count). The Labute approximate surface area is 55.7 Å². The average molecular weight is 123 g/mol. The Hall–Kier alpha value is -0.300.